The summed E-state index contributed by atoms with van der Waals surface area (Å²) in [5.74, 6) is -0.408. The summed E-state index contributed by atoms with van der Waals surface area (Å²) < 4.78 is 41.8. The van der Waals surface area contributed by atoms with Crippen molar-refractivity contribution < 1.29 is 22.7 Å². The highest BCUT2D eigenvalue weighted by atomic mass is 79.9. The zero-order chi connectivity index (χ0) is 21.7. The minimum atomic E-state index is -4.75. The summed E-state index contributed by atoms with van der Waals surface area (Å²) in [6.45, 7) is 0. The molecule has 8 heteroatoms. The van der Waals surface area contributed by atoms with E-state index in [1.165, 1.54) is 24.3 Å². The van der Waals surface area contributed by atoms with Gasteiger partial charge >= 0.3 is 6.36 Å². The normalized spacial score (nSPS) is 12.3. The molecule has 1 unspecified atom stereocenters. The van der Waals surface area contributed by atoms with Crippen molar-refractivity contribution in [2.45, 2.75) is 18.8 Å². The van der Waals surface area contributed by atoms with Gasteiger partial charge < -0.3 is 10.1 Å². The molecule has 0 heterocycles. The Bertz CT molecular complexity index is 991. The Morgan fingerprint density at radius 1 is 0.967 bits per heavy atom. The molecule has 3 rings (SSSR count). The minimum absolute atomic E-state index is 0.0934. The fourth-order valence-corrected chi connectivity index (χ4v) is 3.23. The number of ketones is 1. The Kier molecular flexibility index (Phi) is 7.05. The van der Waals surface area contributed by atoms with Crippen LogP contribution in [0.15, 0.2) is 77.3 Å². The standard InChI is InChI=1S/C22H16BrClF3NO2/c23-16-5-1-14(2-6-16)20(13-21(29)15-3-7-17(24)8-4-15)28-18-9-11-19(12-10-18)30-22(25,26)27/h1-12,20,28H,13H2. The van der Waals surface area contributed by atoms with Crippen molar-refractivity contribution in [2.24, 2.45) is 0 Å². The molecule has 0 aromatic heterocycles. The highest BCUT2D eigenvalue weighted by Gasteiger charge is 2.31. The fraction of sp³-hybridized carbons (Fsp3) is 0.136. The second kappa shape index (κ2) is 9.53. The van der Waals surface area contributed by atoms with E-state index in [9.17, 15) is 18.0 Å². The van der Waals surface area contributed by atoms with E-state index in [4.69, 9.17) is 11.6 Å². The Morgan fingerprint density at radius 3 is 2.13 bits per heavy atom. The molecule has 1 N–H and O–H groups in total. The number of alkyl halides is 3. The van der Waals surface area contributed by atoms with Crippen molar-refractivity contribution in [3.63, 3.8) is 0 Å². The van der Waals surface area contributed by atoms with Crippen LogP contribution in [0, 0.1) is 0 Å². The first-order valence-electron chi connectivity index (χ1n) is 8.86. The maximum Gasteiger partial charge on any atom is 0.573 e. The van der Waals surface area contributed by atoms with Crippen LogP contribution in [0.4, 0.5) is 18.9 Å². The van der Waals surface area contributed by atoms with Crippen molar-refractivity contribution in [2.75, 3.05) is 5.32 Å². The Balaban J connectivity index is 1.80. The predicted octanol–water partition coefficient (Wildman–Crippen LogP) is 7.43. The molecule has 0 aliphatic heterocycles. The SMILES string of the molecule is O=C(CC(Nc1ccc(OC(F)(F)F)cc1)c1ccc(Br)cc1)c1ccc(Cl)cc1. The lowest BCUT2D eigenvalue weighted by atomic mass is 9.97. The Morgan fingerprint density at radius 2 is 1.57 bits per heavy atom. The number of anilines is 1. The first-order chi connectivity index (χ1) is 14.2. The summed E-state index contributed by atoms with van der Waals surface area (Å²) in [6, 6.07) is 19.1. The number of Topliss-reactive ketones (excluding diaryl/α,β-unsaturated/α-hetero) is 1. The van der Waals surface area contributed by atoms with Gasteiger partial charge in [-0.25, -0.2) is 0 Å². The number of nitrogens with one attached hydrogen (secondary N) is 1. The van der Waals surface area contributed by atoms with Gasteiger partial charge in [0.1, 0.15) is 5.75 Å². The summed E-state index contributed by atoms with van der Waals surface area (Å²) >= 11 is 9.27. The summed E-state index contributed by atoms with van der Waals surface area (Å²) in [6.07, 6.45) is -4.61. The maximum absolute atomic E-state index is 12.8. The van der Waals surface area contributed by atoms with Crippen LogP contribution in [-0.4, -0.2) is 12.1 Å². The number of ether oxygens (including phenoxy) is 1. The number of rotatable bonds is 7. The van der Waals surface area contributed by atoms with Gasteiger partial charge in [-0.15, -0.1) is 13.2 Å². The molecule has 0 saturated carbocycles. The molecule has 3 aromatic rings. The topological polar surface area (TPSA) is 38.3 Å². The van der Waals surface area contributed by atoms with E-state index in [0.29, 0.717) is 16.3 Å². The molecule has 0 spiro atoms. The molecule has 0 aliphatic carbocycles. The molecule has 1 atom stereocenters. The summed E-state index contributed by atoms with van der Waals surface area (Å²) in [5.41, 5.74) is 1.94. The first kappa shape index (κ1) is 22.2. The van der Waals surface area contributed by atoms with E-state index in [1.807, 2.05) is 24.3 Å². The van der Waals surface area contributed by atoms with Crippen molar-refractivity contribution in [3.05, 3.63) is 93.4 Å². The second-order valence-corrected chi connectivity index (χ2v) is 7.81. The quantitative estimate of drug-likeness (QED) is 0.344. The Hall–Kier alpha value is -2.51. The zero-order valence-corrected chi connectivity index (χ0v) is 17.8. The van der Waals surface area contributed by atoms with Gasteiger partial charge in [-0.3, -0.25) is 4.79 Å². The average molecular weight is 499 g/mol. The highest BCUT2D eigenvalue weighted by molar-refractivity contribution is 9.10. The third-order valence-corrected chi connectivity index (χ3v) is 5.04. The minimum Gasteiger partial charge on any atom is -0.406 e. The molecule has 0 amide bonds. The molecule has 0 radical (unpaired) electrons. The van der Waals surface area contributed by atoms with Crippen LogP contribution in [0.3, 0.4) is 0 Å². The van der Waals surface area contributed by atoms with Crippen LogP contribution in [0.1, 0.15) is 28.4 Å². The van der Waals surface area contributed by atoms with Gasteiger partial charge in [0.2, 0.25) is 0 Å². The molecular formula is C22H16BrClF3NO2. The summed E-state index contributed by atoms with van der Waals surface area (Å²) in [4.78, 5) is 12.8. The largest absolute Gasteiger partial charge is 0.573 e. The molecular weight excluding hydrogens is 483 g/mol. The van der Waals surface area contributed by atoms with Crippen LogP contribution in [-0.2, 0) is 0 Å². The van der Waals surface area contributed by atoms with E-state index < -0.39 is 12.4 Å². The number of carbonyl (C=O) groups is 1. The van der Waals surface area contributed by atoms with Gasteiger partial charge in [0, 0.05) is 27.2 Å². The lowest BCUT2D eigenvalue weighted by molar-refractivity contribution is -0.274. The van der Waals surface area contributed by atoms with Crippen molar-refractivity contribution in [3.8, 4) is 5.75 Å². The predicted molar refractivity (Wildman–Crippen MR) is 114 cm³/mol. The number of carbonyl (C=O) groups excluding carboxylic acids is 1. The maximum atomic E-state index is 12.8. The van der Waals surface area contributed by atoms with Gasteiger partial charge in [-0.05, 0) is 66.2 Å². The van der Waals surface area contributed by atoms with Crippen molar-refractivity contribution in [1.29, 1.82) is 0 Å². The van der Waals surface area contributed by atoms with Crippen molar-refractivity contribution in [1.82, 2.24) is 0 Å². The third-order valence-electron chi connectivity index (χ3n) is 4.26. The molecule has 0 saturated heterocycles. The molecule has 3 aromatic carbocycles. The second-order valence-electron chi connectivity index (χ2n) is 6.45. The lowest BCUT2D eigenvalue weighted by Gasteiger charge is -2.20. The van der Waals surface area contributed by atoms with Gasteiger partial charge in [-0.1, -0.05) is 39.7 Å². The van der Waals surface area contributed by atoms with Crippen LogP contribution in [0.5, 0.6) is 5.75 Å². The van der Waals surface area contributed by atoms with Crippen LogP contribution in [0.25, 0.3) is 0 Å². The van der Waals surface area contributed by atoms with Gasteiger partial charge in [0.15, 0.2) is 5.78 Å². The van der Waals surface area contributed by atoms with Gasteiger partial charge in [0.25, 0.3) is 0 Å². The monoisotopic (exact) mass is 497 g/mol. The van der Waals surface area contributed by atoms with Crippen LogP contribution in [0.2, 0.25) is 5.02 Å². The average Bonchev–Trinajstić information content (AvgIpc) is 2.69. The van der Waals surface area contributed by atoms with Gasteiger partial charge in [-0.2, -0.15) is 0 Å². The van der Waals surface area contributed by atoms with E-state index in [1.54, 1.807) is 24.3 Å². The van der Waals surface area contributed by atoms with E-state index in [-0.39, 0.29) is 18.0 Å². The van der Waals surface area contributed by atoms with E-state index >= 15 is 0 Å². The number of halogens is 5. The first-order valence-corrected chi connectivity index (χ1v) is 10.0. The summed E-state index contributed by atoms with van der Waals surface area (Å²) in [7, 11) is 0. The molecule has 30 heavy (non-hydrogen) atoms. The fourth-order valence-electron chi connectivity index (χ4n) is 2.84. The molecule has 156 valence electrons. The molecule has 0 bridgehead atoms. The lowest BCUT2D eigenvalue weighted by Crippen LogP contribution is -2.17. The molecule has 0 aliphatic rings. The molecule has 3 nitrogen and oxygen atoms in total. The van der Waals surface area contributed by atoms with E-state index in [2.05, 4.69) is 26.0 Å². The number of hydrogen-bond donors (Lipinski definition) is 1. The van der Waals surface area contributed by atoms with Crippen LogP contribution >= 0.6 is 27.5 Å². The third kappa shape index (κ3) is 6.50. The number of hydrogen-bond acceptors (Lipinski definition) is 3. The Labute approximate surface area is 184 Å². The zero-order valence-electron chi connectivity index (χ0n) is 15.4. The molecule has 0 fully saturated rings. The van der Waals surface area contributed by atoms with Crippen LogP contribution < -0.4 is 10.1 Å². The highest BCUT2D eigenvalue weighted by Crippen LogP contribution is 2.29. The number of benzene rings is 3. The van der Waals surface area contributed by atoms with Gasteiger partial charge in [0.05, 0.1) is 6.04 Å². The van der Waals surface area contributed by atoms with Crippen molar-refractivity contribution >= 4 is 39.0 Å². The smallest absolute Gasteiger partial charge is 0.406 e. The van der Waals surface area contributed by atoms with E-state index in [0.717, 1.165) is 10.0 Å². The summed E-state index contributed by atoms with van der Waals surface area (Å²) in [5, 5.41) is 3.76.